The molecule has 0 unspecified atom stereocenters. The maximum Gasteiger partial charge on any atom is 0.142 e. The Balaban J connectivity index is 1.71. The van der Waals surface area contributed by atoms with Crippen LogP contribution in [0.4, 0.5) is 0 Å². The molecule has 0 bridgehead atoms. The summed E-state index contributed by atoms with van der Waals surface area (Å²) in [5.74, 6) is 0.505. The molecule has 1 fully saturated rings. The summed E-state index contributed by atoms with van der Waals surface area (Å²) < 4.78 is 5.70. The number of nitrogens with zero attached hydrogens (tertiary/aromatic N) is 1. The van der Waals surface area contributed by atoms with Crippen LogP contribution in [0.5, 0.6) is 0 Å². The highest BCUT2D eigenvalue weighted by atomic mass is 16.5. The normalized spacial score (nSPS) is 25.1. The Labute approximate surface area is 94.7 Å². The molecule has 0 amide bonds. The fourth-order valence-corrected chi connectivity index (χ4v) is 1.81. The van der Waals surface area contributed by atoms with Gasteiger partial charge in [-0.1, -0.05) is 35.5 Å². The molecule has 0 aromatic heterocycles. The van der Waals surface area contributed by atoms with Gasteiger partial charge in [-0.2, -0.15) is 0 Å². The van der Waals surface area contributed by atoms with Crippen molar-refractivity contribution in [3.63, 3.8) is 0 Å². The van der Waals surface area contributed by atoms with Gasteiger partial charge >= 0.3 is 0 Å². The van der Waals surface area contributed by atoms with E-state index in [0.717, 1.165) is 12.8 Å². The van der Waals surface area contributed by atoms with Crippen molar-refractivity contribution in [1.82, 2.24) is 0 Å². The first-order chi connectivity index (χ1) is 7.79. The van der Waals surface area contributed by atoms with Crippen LogP contribution in [-0.2, 0) is 11.3 Å². The number of hydrogen-bond acceptors (Lipinski definition) is 3. The van der Waals surface area contributed by atoms with E-state index < -0.39 is 0 Å². The second kappa shape index (κ2) is 4.99. The van der Waals surface area contributed by atoms with E-state index in [1.807, 2.05) is 30.3 Å². The van der Waals surface area contributed by atoms with Gasteiger partial charge in [0.2, 0.25) is 0 Å². The largest absolute Gasteiger partial charge is 0.409 e. The van der Waals surface area contributed by atoms with Crippen molar-refractivity contribution in [2.75, 3.05) is 0 Å². The number of nitrogens with two attached hydrogens (primary N) is 1. The molecule has 4 heteroatoms. The zero-order chi connectivity index (χ0) is 11.4. The quantitative estimate of drug-likeness (QED) is 0.351. The van der Waals surface area contributed by atoms with Gasteiger partial charge in [-0.3, -0.25) is 0 Å². The Kier molecular flexibility index (Phi) is 3.41. The average Bonchev–Trinajstić information content (AvgIpc) is 2.28. The summed E-state index contributed by atoms with van der Waals surface area (Å²) in [7, 11) is 0. The predicted molar refractivity (Wildman–Crippen MR) is 61.2 cm³/mol. The maximum absolute atomic E-state index is 8.49. The van der Waals surface area contributed by atoms with Crippen LogP contribution in [0, 0.1) is 5.92 Å². The number of ether oxygens (including phenoxy) is 1. The number of benzene rings is 1. The molecule has 3 N–H and O–H groups in total. The van der Waals surface area contributed by atoms with Gasteiger partial charge in [0.15, 0.2) is 0 Å². The molecular weight excluding hydrogens is 204 g/mol. The van der Waals surface area contributed by atoms with Crippen LogP contribution < -0.4 is 5.73 Å². The summed E-state index contributed by atoms with van der Waals surface area (Å²) in [6, 6.07) is 10.1. The third kappa shape index (κ3) is 2.52. The second-order valence-electron chi connectivity index (χ2n) is 4.11. The monoisotopic (exact) mass is 220 g/mol. The predicted octanol–water partition coefficient (Wildman–Crippen LogP) is 1.73. The summed E-state index contributed by atoms with van der Waals surface area (Å²) in [6.45, 7) is 0.633. The Hall–Kier alpha value is -1.55. The van der Waals surface area contributed by atoms with Crippen molar-refractivity contribution >= 4 is 5.84 Å². The highest BCUT2D eigenvalue weighted by molar-refractivity contribution is 5.83. The molecule has 86 valence electrons. The van der Waals surface area contributed by atoms with Gasteiger partial charge in [-0.05, 0) is 18.4 Å². The lowest BCUT2D eigenvalue weighted by atomic mass is 9.81. The van der Waals surface area contributed by atoms with Gasteiger partial charge in [0.1, 0.15) is 5.84 Å². The molecule has 2 rings (SSSR count). The van der Waals surface area contributed by atoms with Crippen LogP contribution >= 0.6 is 0 Å². The molecule has 0 saturated heterocycles. The summed E-state index contributed by atoms with van der Waals surface area (Å²) in [5, 5.41) is 11.5. The Bertz CT molecular complexity index is 359. The zero-order valence-electron chi connectivity index (χ0n) is 9.04. The standard InChI is InChI=1S/C12H16N2O2/c13-12(14-15)10-6-11(7-10)16-8-9-4-2-1-3-5-9/h1-5,10-11,15H,6-8H2,(H2,13,14). The van der Waals surface area contributed by atoms with Crippen molar-refractivity contribution in [3.8, 4) is 0 Å². The van der Waals surface area contributed by atoms with E-state index in [4.69, 9.17) is 15.7 Å². The summed E-state index contributed by atoms with van der Waals surface area (Å²) >= 11 is 0. The van der Waals surface area contributed by atoms with E-state index in [9.17, 15) is 0 Å². The molecule has 1 saturated carbocycles. The number of amidine groups is 1. The van der Waals surface area contributed by atoms with Crippen molar-refractivity contribution in [3.05, 3.63) is 35.9 Å². The summed E-state index contributed by atoms with van der Waals surface area (Å²) in [6.07, 6.45) is 1.94. The lowest BCUT2D eigenvalue weighted by molar-refractivity contribution is -0.0246. The maximum atomic E-state index is 8.49. The van der Waals surface area contributed by atoms with Gasteiger partial charge in [0.25, 0.3) is 0 Å². The van der Waals surface area contributed by atoms with Gasteiger partial charge in [-0.25, -0.2) is 0 Å². The van der Waals surface area contributed by atoms with Crippen molar-refractivity contribution in [1.29, 1.82) is 0 Å². The molecule has 0 atom stereocenters. The molecular formula is C12H16N2O2. The highest BCUT2D eigenvalue weighted by Gasteiger charge is 2.32. The smallest absolute Gasteiger partial charge is 0.142 e. The Morgan fingerprint density at radius 1 is 1.38 bits per heavy atom. The van der Waals surface area contributed by atoms with E-state index in [0.29, 0.717) is 12.4 Å². The minimum atomic E-state index is 0.186. The number of oxime groups is 1. The molecule has 1 aromatic carbocycles. The lowest BCUT2D eigenvalue weighted by Crippen LogP contribution is -2.39. The molecule has 0 aliphatic heterocycles. The van der Waals surface area contributed by atoms with E-state index in [-0.39, 0.29) is 12.0 Å². The number of rotatable bonds is 4. The van der Waals surface area contributed by atoms with Crippen LogP contribution in [0.25, 0.3) is 0 Å². The van der Waals surface area contributed by atoms with Crippen LogP contribution in [0.15, 0.2) is 35.5 Å². The summed E-state index contributed by atoms with van der Waals surface area (Å²) in [4.78, 5) is 0. The van der Waals surface area contributed by atoms with Crippen molar-refractivity contribution in [2.45, 2.75) is 25.6 Å². The second-order valence-corrected chi connectivity index (χ2v) is 4.11. The van der Waals surface area contributed by atoms with Gasteiger partial charge in [0, 0.05) is 5.92 Å². The Morgan fingerprint density at radius 2 is 2.06 bits per heavy atom. The average molecular weight is 220 g/mol. The molecule has 0 heterocycles. The molecule has 1 aliphatic carbocycles. The van der Waals surface area contributed by atoms with Crippen molar-refractivity contribution in [2.24, 2.45) is 16.8 Å². The van der Waals surface area contributed by atoms with Gasteiger partial charge in [0.05, 0.1) is 12.7 Å². The zero-order valence-corrected chi connectivity index (χ0v) is 9.04. The first kappa shape index (κ1) is 11.0. The van der Waals surface area contributed by atoms with E-state index in [1.165, 1.54) is 5.56 Å². The van der Waals surface area contributed by atoms with Crippen LogP contribution in [-0.4, -0.2) is 17.1 Å². The molecule has 0 spiro atoms. The lowest BCUT2D eigenvalue weighted by Gasteiger charge is -2.34. The fraction of sp³-hybridized carbons (Fsp3) is 0.417. The minimum absolute atomic E-state index is 0.186. The van der Waals surface area contributed by atoms with E-state index in [2.05, 4.69) is 5.16 Å². The molecule has 1 aromatic rings. The molecule has 16 heavy (non-hydrogen) atoms. The third-order valence-electron chi connectivity index (χ3n) is 2.96. The first-order valence-electron chi connectivity index (χ1n) is 5.42. The number of hydrogen-bond donors (Lipinski definition) is 2. The topological polar surface area (TPSA) is 67.8 Å². The first-order valence-corrected chi connectivity index (χ1v) is 5.42. The Morgan fingerprint density at radius 3 is 2.69 bits per heavy atom. The van der Waals surface area contributed by atoms with Gasteiger partial charge in [-0.15, -0.1) is 0 Å². The highest BCUT2D eigenvalue weighted by Crippen LogP contribution is 2.30. The minimum Gasteiger partial charge on any atom is -0.409 e. The third-order valence-corrected chi connectivity index (χ3v) is 2.96. The molecule has 1 aliphatic rings. The van der Waals surface area contributed by atoms with Gasteiger partial charge < -0.3 is 15.7 Å². The van der Waals surface area contributed by atoms with Crippen molar-refractivity contribution < 1.29 is 9.94 Å². The fourth-order valence-electron chi connectivity index (χ4n) is 1.81. The molecule has 0 radical (unpaired) electrons. The summed E-state index contributed by atoms with van der Waals surface area (Å²) in [5.41, 5.74) is 6.67. The van der Waals surface area contributed by atoms with E-state index in [1.54, 1.807) is 0 Å². The SMILES string of the molecule is NC(=NO)C1CC(OCc2ccccc2)C1. The molecule has 4 nitrogen and oxygen atoms in total. The van der Waals surface area contributed by atoms with E-state index >= 15 is 0 Å². The van der Waals surface area contributed by atoms with Crippen LogP contribution in [0.1, 0.15) is 18.4 Å². The van der Waals surface area contributed by atoms with Crippen LogP contribution in [0.3, 0.4) is 0 Å². The van der Waals surface area contributed by atoms with Crippen LogP contribution in [0.2, 0.25) is 0 Å².